The van der Waals surface area contributed by atoms with Gasteiger partial charge in [0.15, 0.2) is 5.78 Å². The number of hydrogen-bond acceptors (Lipinski definition) is 3. The molecule has 1 aliphatic carbocycles. The second kappa shape index (κ2) is 8.11. The third-order valence-corrected chi connectivity index (χ3v) is 5.20. The van der Waals surface area contributed by atoms with Crippen LogP contribution in [0, 0.1) is 0 Å². The summed E-state index contributed by atoms with van der Waals surface area (Å²) in [5.74, 6) is 0.186. The Morgan fingerprint density at radius 3 is 2.52 bits per heavy atom. The zero-order chi connectivity index (χ0) is 20.1. The van der Waals surface area contributed by atoms with Crippen LogP contribution < -0.4 is 0 Å². The molecule has 4 rings (SSSR count). The lowest BCUT2D eigenvalue weighted by Gasteiger charge is -2.32. The van der Waals surface area contributed by atoms with Crippen LogP contribution in [-0.4, -0.2) is 15.9 Å². The van der Waals surface area contributed by atoms with E-state index < -0.39 is 5.41 Å². The molecule has 0 radical (unpaired) electrons. The minimum Gasteiger partial charge on any atom is -0.508 e. The summed E-state index contributed by atoms with van der Waals surface area (Å²) in [6.45, 7) is 0. The maximum atomic E-state index is 12.7. The van der Waals surface area contributed by atoms with Gasteiger partial charge in [0.1, 0.15) is 5.75 Å². The van der Waals surface area contributed by atoms with Crippen LogP contribution >= 0.6 is 0 Å². The fourth-order valence-electron chi connectivity index (χ4n) is 3.62. The molecule has 3 heteroatoms. The molecule has 2 aromatic carbocycles. The van der Waals surface area contributed by atoms with Crippen molar-refractivity contribution in [1.82, 2.24) is 4.98 Å². The van der Waals surface area contributed by atoms with Crippen molar-refractivity contribution < 1.29 is 9.90 Å². The number of pyridine rings is 1. The number of rotatable bonds is 5. The number of carbonyl (C=O) groups excluding carboxylic acids is 1. The van der Waals surface area contributed by atoms with Crippen molar-refractivity contribution in [2.75, 3.05) is 0 Å². The van der Waals surface area contributed by atoms with Crippen LogP contribution in [0.15, 0.2) is 110 Å². The van der Waals surface area contributed by atoms with E-state index in [1.165, 1.54) is 0 Å². The number of ketones is 1. The van der Waals surface area contributed by atoms with Crippen LogP contribution in [0.1, 0.15) is 27.9 Å². The summed E-state index contributed by atoms with van der Waals surface area (Å²) in [7, 11) is 0. The molecule has 0 aliphatic heterocycles. The number of aromatic hydroxyl groups is 1. The lowest BCUT2D eigenvalue weighted by atomic mass is 9.71. The van der Waals surface area contributed by atoms with Crippen LogP contribution in [0.4, 0.5) is 0 Å². The molecule has 29 heavy (non-hydrogen) atoms. The van der Waals surface area contributed by atoms with Gasteiger partial charge in [0.25, 0.3) is 0 Å². The Morgan fingerprint density at radius 1 is 1.00 bits per heavy atom. The molecule has 0 saturated carbocycles. The highest BCUT2D eigenvalue weighted by Crippen LogP contribution is 2.40. The van der Waals surface area contributed by atoms with Gasteiger partial charge in [0.2, 0.25) is 0 Å². The van der Waals surface area contributed by atoms with E-state index in [0.29, 0.717) is 12.0 Å². The largest absolute Gasteiger partial charge is 0.508 e. The molecule has 1 N–H and O–H groups in total. The smallest absolute Gasteiger partial charge is 0.185 e. The Balaban J connectivity index is 1.72. The quantitative estimate of drug-likeness (QED) is 0.470. The summed E-state index contributed by atoms with van der Waals surface area (Å²) in [6, 6.07) is 20.4. The van der Waals surface area contributed by atoms with Gasteiger partial charge in [-0.3, -0.25) is 9.78 Å². The van der Waals surface area contributed by atoms with Gasteiger partial charge in [-0.2, -0.15) is 0 Å². The van der Waals surface area contributed by atoms with E-state index in [2.05, 4.69) is 17.1 Å². The van der Waals surface area contributed by atoms with Crippen molar-refractivity contribution >= 4 is 11.4 Å². The number of phenolic OH excluding ortho intramolecular Hbond substituents is 1. The van der Waals surface area contributed by atoms with E-state index in [9.17, 15) is 9.90 Å². The highest BCUT2D eigenvalue weighted by molar-refractivity contribution is 6.04. The van der Waals surface area contributed by atoms with E-state index in [1.54, 1.807) is 24.4 Å². The Labute approximate surface area is 170 Å². The summed E-state index contributed by atoms with van der Waals surface area (Å²) in [5.41, 5.74) is 3.39. The van der Waals surface area contributed by atoms with Crippen molar-refractivity contribution in [3.05, 3.63) is 126 Å². The predicted molar refractivity (Wildman–Crippen MR) is 116 cm³/mol. The lowest BCUT2D eigenvalue weighted by molar-refractivity contribution is 0.104. The summed E-state index contributed by atoms with van der Waals surface area (Å²) >= 11 is 0. The van der Waals surface area contributed by atoms with Crippen LogP contribution in [0.5, 0.6) is 5.75 Å². The minimum atomic E-state index is -0.488. The number of nitrogens with zero attached hydrogens (tertiary/aromatic N) is 1. The third-order valence-electron chi connectivity index (χ3n) is 5.20. The van der Waals surface area contributed by atoms with Gasteiger partial charge >= 0.3 is 0 Å². The molecule has 1 atom stereocenters. The summed E-state index contributed by atoms with van der Waals surface area (Å²) in [6.07, 6.45) is 14.1. The topological polar surface area (TPSA) is 50.2 Å². The van der Waals surface area contributed by atoms with Crippen LogP contribution in [0.3, 0.4) is 0 Å². The van der Waals surface area contributed by atoms with E-state index in [0.717, 1.165) is 16.7 Å². The van der Waals surface area contributed by atoms with Gasteiger partial charge in [-0.15, -0.1) is 0 Å². The third kappa shape index (κ3) is 4.09. The highest BCUT2D eigenvalue weighted by atomic mass is 16.3. The molecule has 1 heterocycles. The van der Waals surface area contributed by atoms with Gasteiger partial charge in [-0.1, -0.05) is 72.8 Å². The van der Waals surface area contributed by atoms with Crippen LogP contribution in [-0.2, 0) is 5.41 Å². The van der Waals surface area contributed by atoms with Gasteiger partial charge < -0.3 is 5.11 Å². The molecule has 0 spiro atoms. The standard InChI is InChI=1S/C26H21NO2/c28-24-12-10-23(11-13-24)26(16-14-25(29)20-6-2-1-3-7-20)15-4-8-21(18-26)22-9-5-17-27-19-22/h1-17,19,28H,18H2/b16-14+. The first-order chi connectivity index (χ1) is 14.2. The van der Waals surface area contributed by atoms with Crippen LogP contribution in [0.25, 0.3) is 5.57 Å². The fourth-order valence-corrected chi connectivity index (χ4v) is 3.62. The number of allylic oxidation sites excluding steroid dienone is 6. The van der Waals surface area contributed by atoms with Crippen molar-refractivity contribution in [1.29, 1.82) is 0 Å². The number of carbonyl (C=O) groups is 1. The molecule has 3 nitrogen and oxygen atoms in total. The minimum absolute atomic E-state index is 0.0327. The summed E-state index contributed by atoms with van der Waals surface area (Å²) in [4.78, 5) is 16.9. The van der Waals surface area contributed by atoms with E-state index in [-0.39, 0.29) is 11.5 Å². The normalized spacial score (nSPS) is 18.6. The fraction of sp³-hybridized carbons (Fsp3) is 0.0769. The van der Waals surface area contributed by atoms with E-state index >= 15 is 0 Å². The zero-order valence-electron chi connectivity index (χ0n) is 15.9. The maximum absolute atomic E-state index is 12.7. The van der Waals surface area contributed by atoms with E-state index in [1.807, 2.05) is 72.9 Å². The molecule has 142 valence electrons. The Morgan fingerprint density at radius 2 is 1.79 bits per heavy atom. The Bertz CT molecular complexity index is 1080. The molecule has 0 amide bonds. The number of aromatic nitrogens is 1. The van der Waals surface area contributed by atoms with Crippen molar-refractivity contribution in [2.24, 2.45) is 0 Å². The molecule has 3 aromatic rings. The van der Waals surface area contributed by atoms with Gasteiger partial charge in [0, 0.05) is 23.4 Å². The maximum Gasteiger partial charge on any atom is 0.185 e. The van der Waals surface area contributed by atoms with E-state index in [4.69, 9.17) is 0 Å². The highest BCUT2D eigenvalue weighted by Gasteiger charge is 2.30. The van der Waals surface area contributed by atoms with Gasteiger partial charge in [-0.25, -0.2) is 0 Å². The summed E-state index contributed by atoms with van der Waals surface area (Å²) < 4.78 is 0. The van der Waals surface area contributed by atoms with Crippen molar-refractivity contribution in [2.45, 2.75) is 11.8 Å². The number of hydrogen-bond donors (Lipinski definition) is 1. The Kier molecular flexibility index (Phi) is 5.21. The number of phenols is 1. The lowest BCUT2D eigenvalue weighted by Crippen LogP contribution is -2.23. The second-order valence-electron chi connectivity index (χ2n) is 7.12. The van der Waals surface area contributed by atoms with Crippen molar-refractivity contribution in [3.8, 4) is 5.75 Å². The molecule has 1 unspecified atom stereocenters. The first kappa shape index (κ1) is 18.6. The Hall–Kier alpha value is -3.72. The number of benzene rings is 2. The molecular formula is C26H21NO2. The monoisotopic (exact) mass is 379 g/mol. The second-order valence-corrected chi connectivity index (χ2v) is 7.12. The molecule has 0 bridgehead atoms. The first-order valence-corrected chi connectivity index (χ1v) is 9.53. The molecule has 0 fully saturated rings. The van der Waals surface area contributed by atoms with Gasteiger partial charge in [-0.05, 0) is 47.4 Å². The predicted octanol–water partition coefficient (Wildman–Crippen LogP) is 5.51. The zero-order valence-corrected chi connectivity index (χ0v) is 15.9. The van der Waals surface area contributed by atoms with Crippen LogP contribution in [0.2, 0.25) is 0 Å². The average Bonchev–Trinajstić information content (AvgIpc) is 2.79. The molecule has 1 aromatic heterocycles. The molecular weight excluding hydrogens is 358 g/mol. The molecule has 0 saturated heterocycles. The average molecular weight is 379 g/mol. The molecule has 1 aliphatic rings. The van der Waals surface area contributed by atoms with Gasteiger partial charge in [0.05, 0.1) is 0 Å². The first-order valence-electron chi connectivity index (χ1n) is 9.53. The summed E-state index contributed by atoms with van der Waals surface area (Å²) in [5, 5.41) is 9.73. The van der Waals surface area contributed by atoms with Crippen molar-refractivity contribution in [3.63, 3.8) is 0 Å². The SMILES string of the molecule is O=C(/C=C/C1(c2ccc(O)cc2)C=CC=C(c2cccnc2)C1)c1ccccc1.